The number of benzene rings is 2. The van der Waals surface area contributed by atoms with Crippen molar-refractivity contribution in [1.82, 2.24) is 5.32 Å². The van der Waals surface area contributed by atoms with Crippen LogP contribution < -0.4 is 16.4 Å². The smallest absolute Gasteiger partial charge is 0.257 e. The van der Waals surface area contributed by atoms with Crippen molar-refractivity contribution in [3.05, 3.63) is 65.2 Å². The summed E-state index contributed by atoms with van der Waals surface area (Å²) in [6.07, 6.45) is 0. The number of nitrogens with two attached hydrogens (primary N) is 1. The van der Waals surface area contributed by atoms with Gasteiger partial charge in [-0.3, -0.25) is 14.9 Å². The summed E-state index contributed by atoms with van der Waals surface area (Å²) in [5, 5.41) is 5.47. The minimum absolute atomic E-state index is 0.0974. The van der Waals surface area contributed by atoms with Crippen LogP contribution in [0.2, 0.25) is 0 Å². The Balaban J connectivity index is 2.10. The summed E-state index contributed by atoms with van der Waals surface area (Å²) >= 11 is 5.10. The van der Waals surface area contributed by atoms with Gasteiger partial charge in [-0.1, -0.05) is 29.8 Å². The third-order valence-electron chi connectivity index (χ3n) is 2.95. The first-order valence-electron chi connectivity index (χ1n) is 6.55. The van der Waals surface area contributed by atoms with E-state index in [0.29, 0.717) is 16.8 Å². The molecular weight excluding hydrogens is 298 g/mol. The monoisotopic (exact) mass is 313 g/mol. The van der Waals surface area contributed by atoms with Crippen LogP contribution in [-0.2, 0) is 0 Å². The van der Waals surface area contributed by atoms with Crippen LogP contribution in [0.15, 0.2) is 48.5 Å². The van der Waals surface area contributed by atoms with Crippen molar-refractivity contribution < 1.29 is 9.59 Å². The van der Waals surface area contributed by atoms with Crippen molar-refractivity contribution in [3.63, 3.8) is 0 Å². The number of amides is 2. The molecule has 0 spiro atoms. The predicted molar refractivity (Wildman–Crippen MR) is 89.8 cm³/mol. The van der Waals surface area contributed by atoms with Gasteiger partial charge in [0.2, 0.25) is 0 Å². The average Bonchev–Trinajstić information content (AvgIpc) is 2.49. The molecule has 0 aliphatic rings. The lowest BCUT2D eigenvalue weighted by Gasteiger charge is -2.12. The fourth-order valence-electron chi connectivity index (χ4n) is 1.89. The van der Waals surface area contributed by atoms with Crippen LogP contribution in [0.3, 0.4) is 0 Å². The predicted octanol–water partition coefficient (Wildman–Crippen LogP) is 2.22. The molecule has 0 heterocycles. The maximum Gasteiger partial charge on any atom is 0.257 e. The van der Waals surface area contributed by atoms with Crippen LogP contribution in [0, 0.1) is 6.92 Å². The number of aryl methyl sites for hydroxylation is 1. The lowest BCUT2D eigenvalue weighted by Crippen LogP contribution is -2.34. The van der Waals surface area contributed by atoms with E-state index in [2.05, 4.69) is 10.6 Å². The highest BCUT2D eigenvalue weighted by molar-refractivity contribution is 7.80. The SMILES string of the molecule is Cc1ccc(NC(=S)NC(=O)c2ccccc2)c(C(N)=O)c1. The second-order valence-electron chi connectivity index (χ2n) is 4.69. The van der Waals surface area contributed by atoms with Gasteiger partial charge in [0.1, 0.15) is 0 Å². The second kappa shape index (κ2) is 6.82. The molecule has 6 heteroatoms. The lowest BCUT2D eigenvalue weighted by molar-refractivity contribution is 0.0975. The normalized spacial score (nSPS) is 9.86. The van der Waals surface area contributed by atoms with Crippen molar-refractivity contribution in [2.24, 2.45) is 5.73 Å². The Labute approximate surface area is 133 Å². The zero-order chi connectivity index (χ0) is 16.1. The van der Waals surface area contributed by atoms with Crippen LogP contribution in [0.5, 0.6) is 0 Å². The van der Waals surface area contributed by atoms with E-state index in [0.717, 1.165) is 5.56 Å². The van der Waals surface area contributed by atoms with Crippen LogP contribution in [0.1, 0.15) is 26.3 Å². The number of thiocarbonyl (C=S) groups is 1. The second-order valence-corrected chi connectivity index (χ2v) is 5.10. The van der Waals surface area contributed by atoms with Gasteiger partial charge < -0.3 is 11.1 Å². The van der Waals surface area contributed by atoms with Gasteiger partial charge in [0.25, 0.3) is 11.8 Å². The molecular formula is C16H15N3O2S. The molecule has 0 fully saturated rings. The molecule has 22 heavy (non-hydrogen) atoms. The highest BCUT2D eigenvalue weighted by atomic mass is 32.1. The number of rotatable bonds is 3. The Morgan fingerprint density at radius 2 is 1.77 bits per heavy atom. The molecule has 0 unspecified atom stereocenters. The minimum Gasteiger partial charge on any atom is -0.366 e. The van der Waals surface area contributed by atoms with E-state index in [9.17, 15) is 9.59 Å². The largest absolute Gasteiger partial charge is 0.366 e. The van der Waals surface area contributed by atoms with Gasteiger partial charge in [0.15, 0.2) is 5.11 Å². The van der Waals surface area contributed by atoms with E-state index in [1.165, 1.54) is 0 Å². The number of hydrogen-bond donors (Lipinski definition) is 3. The number of anilines is 1. The Hall–Kier alpha value is -2.73. The van der Waals surface area contributed by atoms with Crippen molar-refractivity contribution in [3.8, 4) is 0 Å². The van der Waals surface area contributed by atoms with Crippen LogP contribution in [0.4, 0.5) is 5.69 Å². The van der Waals surface area contributed by atoms with Gasteiger partial charge in [0, 0.05) is 5.56 Å². The molecule has 2 amide bonds. The molecule has 2 aromatic rings. The van der Waals surface area contributed by atoms with Gasteiger partial charge in [-0.15, -0.1) is 0 Å². The summed E-state index contributed by atoms with van der Waals surface area (Å²) in [6, 6.07) is 13.9. The van der Waals surface area contributed by atoms with Crippen molar-refractivity contribution in [2.45, 2.75) is 6.92 Å². The van der Waals surface area contributed by atoms with Crippen molar-refractivity contribution in [1.29, 1.82) is 0 Å². The van der Waals surface area contributed by atoms with Gasteiger partial charge >= 0.3 is 0 Å². The molecule has 2 aromatic carbocycles. The fourth-order valence-corrected chi connectivity index (χ4v) is 2.09. The molecule has 0 aromatic heterocycles. The molecule has 4 N–H and O–H groups in total. The number of primary amides is 1. The standard InChI is InChI=1S/C16H15N3O2S/c1-10-7-8-13(12(9-10)14(17)20)18-16(22)19-15(21)11-5-3-2-4-6-11/h2-9H,1H3,(H2,17,20)(H2,18,19,21,22). The van der Waals surface area contributed by atoms with E-state index >= 15 is 0 Å². The highest BCUT2D eigenvalue weighted by Crippen LogP contribution is 2.16. The van der Waals surface area contributed by atoms with Crippen LogP contribution >= 0.6 is 12.2 Å². The van der Waals surface area contributed by atoms with E-state index in [4.69, 9.17) is 18.0 Å². The number of hydrogen-bond acceptors (Lipinski definition) is 3. The summed E-state index contributed by atoms with van der Waals surface area (Å²) in [5.41, 5.74) is 7.51. The summed E-state index contributed by atoms with van der Waals surface area (Å²) in [7, 11) is 0. The minimum atomic E-state index is -0.566. The topological polar surface area (TPSA) is 84.2 Å². The zero-order valence-corrected chi connectivity index (χ0v) is 12.7. The molecule has 0 atom stereocenters. The van der Waals surface area contributed by atoms with E-state index < -0.39 is 5.91 Å². The Morgan fingerprint density at radius 3 is 2.41 bits per heavy atom. The number of carbonyl (C=O) groups is 2. The molecule has 0 aliphatic heterocycles. The summed E-state index contributed by atoms with van der Waals surface area (Å²) < 4.78 is 0. The number of nitrogens with one attached hydrogen (secondary N) is 2. The molecule has 112 valence electrons. The molecule has 0 saturated heterocycles. The summed E-state index contributed by atoms with van der Waals surface area (Å²) in [6.45, 7) is 1.85. The Morgan fingerprint density at radius 1 is 1.09 bits per heavy atom. The first-order chi connectivity index (χ1) is 10.5. The molecule has 0 saturated carbocycles. The van der Waals surface area contributed by atoms with Crippen molar-refractivity contribution in [2.75, 3.05) is 5.32 Å². The number of carbonyl (C=O) groups excluding carboxylic acids is 2. The quantitative estimate of drug-likeness (QED) is 0.759. The molecule has 0 bridgehead atoms. The first kappa shape index (κ1) is 15.7. The Bertz CT molecular complexity index is 729. The van der Waals surface area contributed by atoms with E-state index in [-0.39, 0.29) is 11.0 Å². The fraction of sp³-hybridized carbons (Fsp3) is 0.0625. The van der Waals surface area contributed by atoms with Gasteiger partial charge in [0.05, 0.1) is 11.3 Å². The van der Waals surface area contributed by atoms with Gasteiger partial charge in [-0.25, -0.2) is 0 Å². The Kier molecular flexibility index (Phi) is 4.85. The maximum absolute atomic E-state index is 12.0. The highest BCUT2D eigenvalue weighted by Gasteiger charge is 2.12. The third kappa shape index (κ3) is 3.89. The first-order valence-corrected chi connectivity index (χ1v) is 6.96. The zero-order valence-electron chi connectivity index (χ0n) is 11.9. The van der Waals surface area contributed by atoms with Crippen molar-refractivity contribution >= 4 is 34.8 Å². The molecule has 2 rings (SSSR count). The molecule has 5 nitrogen and oxygen atoms in total. The van der Waals surface area contributed by atoms with E-state index in [1.807, 2.05) is 19.1 Å². The molecule has 0 aliphatic carbocycles. The lowest BCUT2D eigenvalue weighted by atomic mass is 10.1. The van der Waals surface area contributed by atoms with Crippen LogP contribution in [-0.4, -0.2) is 16.9 Å². The van der Waals surface area contributed by atoms with Gasteiger partial charge in [-0.2, -0.15) is 0 Å². The van der Waals surface area contributed by atoms with Crippen LogP contribution in [0.25, 0.3) is 0 Å². The third-order valence-corrected chi connectivity index (χ3v) is 3.16. The maximum atomic E-state index is 12.0. The molecule has 0 radical (unpaired) electrons. The summed E-state index contributed by atoms with van der Waals surface area (Å²) in [4.78, 5) is 23.4. The average molecular weight is 313 g/mol. The summed E-state index contributed by atoms with van der Waals surface area (Å²) in [5.74, 6) is -0.894. The van der Waals surface area contributed by atoms with E-state index in [1.54, 1.807) is 36.4 Å². The van der Waals surface area contributed by atoms with Gasteiger partial charge in [-0.05, 0) is 43.4 Å².